The van der Waals surface area contributed by atoms with Crippen molar-refractivity contribution in [2.45, 2.75) is 31.6 Å². The SMILES string of the molecule is CCCC[S@@](=N)c1ccc(-n2[nH]c(C)c(-c3ccc(C#N)cc3)c2=O)nc1. The summed E-state index contributed by atoms with van der Waals surface area (Å²) in [5, 5.41) is 12.0. The summed E-state index contributed by atoms with van der Waals surface area (Å²) in [7, 11) is -0.572. The van der Waals surface area contributed by atoms with Gasteiger partial charge in [0.15, 0.2) is 5.82 Å². The normalized spacial score (nSPS) is 11.9. The molecule has 0 spiro atoms. The summed E-state index contributed by atoms with van der Waals surface area (Å²) >= 11 is 0. The van der Waals surface area contributed by atoms with Crippen molar-refractivity contribution in [2.75, 3.05) is 5.75 Å². The first-order valence-corrected chi connectivity index (χ1v) is 10.1. The van der Waals surface area contributed by atoms with Crippen LogP contribution < -0.4 is 5.56 Å². The zero-order valence-corrected chi connectivity index (χ0v) is 16.1. The number of H-pyrrole nitrogens is 1. The average molecular weight is 379 g/mol. The second kappa shape index (κ2) is 8.14. The molecule has 1 aromatic carbocycles. The van der Waals surface area contributed by atoms with Crippen molar-refractivity contribution in [3.63, 3.8) is 0 Å². The predicted molar refractivity (Wildman–Crippen MR) is 107 cm³/mol. The maximum Gasteiger partial charge on any atom is 0.280 e. The number of unbranched alkanes of at least 4 members (excludes halogenated alkanes) is 1. The molecule has 2 heterocycles. The number of aryl methyl sites for hydroxylation is 1. The fraction of sp³-hybridized carbons (Fsp3) is 0.250. The van der Waals surface area contributed by atoms with Crippen molar-refractivity contribution in [1.29, 1.82) is 10.0 Å². The molecule has 0 saturated carbocycles. The Morgan fingerprint density at radius 1 is 1.26 bits per heavy atom. The lowest BCUT2D eigenvalue weighted by molar-refractivity contribution is 0.804. The molecule has 0 fully saturated rings. The number of nitrogens with one attached hydrogen (secondary N) is 2. The number of pyridine rings is 1. The van der Waals surface area contributed by atoms with Crippen LogP contribution in [0.2, 0.25) is 0 Å². The lowest BCUT2D eigenvalue weighted by Crippen LogP contribution is -2.17. The van der Waals surface area contributed by atoms with E-state index in [1.165, 1.54) is 4.68 Å². The summed E-state index contributed by atoms with van der Waals surface area (Å²) in [6.07, 6.45) is 3.78. The molecule has 0 amide bonds. The van der Waals surface area contributed by atoms with Gasteiger partial charge in [0.2, 0.25) is 0 Å². The highest BCUT2D eigenvalue weighted by molar-refractivity contribution is 7.86. The number of nitriles is 1. The summed E-state index contributed by atoms with van der Waals surface area (Å²) < 4.78 is 9.62. The maximum atomic E-state index is 12.9. The van der Waals surface area contributed by atoms with E-state index in [9.17, 15) is 4.79 Å². The second-order valence-electron chi connectivity index (χ2n) is 6.24. The Bertz CT molecular complexity index is 1060. The van der Waals surface area contributed by atoms with Crippen molar-refractivity contribution < 1.29 is 0 Å². The number of hydrogen-bond donors (Lipinski definition) is 2. The molecule has 7 heteroatoms. The van der Waals surface area contributed by atoms with Crippen molar-refractivity contribution in [3.05, 3.63) is 64.2 Å². The van der Waals surface area contributed by atoms with Crippen LogP contribution in [0.25, 0.3) is 16.9 Å². The van der Waals surface area contributed by atoms with Gasteiger partial charge in [0.25, 0.3) is 5.56 Å². The summed E-state index contributed by atoms with van der Waals surface area (Å²) in [6.45, 7) is 3.95. The van der Waals surface area contributed by atoms with E-state index in [0.717, 1.165) is 34.7 Å². The molecule has 0 aliphatic rings. The van der Waals surface area contributed by atoms with E-state index in [-0.39, 0.29) is 5.56 Å². The highest BCUT2D eigenvalue weighted by Crippen LogP contribution is 2.20. The molecular weight excluding hydrogens is 358 g/mol. The molecule has 0 aliphatic carbocycles. The minimum Gasteiger partial charge on any atom is -0.293 e. The van der Waals surface area contributed by atoms with Crippen LogP contribution in [0, 0.1) is 23.0 Å². The van der Waals surface area contributed by atoms with Crippen LogP contribution >= 0.6 is 0 Å². The fourth-order valence-corrected chi connectivity index (χ4v) is 4.04. The first kappa shape index (κ1) is 18.8. The van der Waals surface area contributed by atoms with Gasteiger partial charge in [0.1, 0.15) is 0 Å². The Labute approximate surface area is 160 Å². The van der Waals surface area contributed by atoms with Crippen LogP contribution in [0.3, 0.4) is 0 Å². The van der Waals surface area contributed by atoms with E-state index in [0.29, 0.717) is 16.9 Å². The van der Waals surface area contributed by atoms with Gasteiger partial charge in [0.05, 0.1) is 17.2 Å². The molecule has 27 heavy (non-hydrogen) atoms. The van der Waals surface area contributed by atoms with Gasteiger partial charge in [-0.3, -0.25) is 14.7 Å². The minimum absolute atomic E-state index is 0.187. The molecule has 1 atom stereocenters. The van der Waals surface area contributed by atoms with Gasteiger partial charge >= 0.3 is 0 Å². The summed E-state index contributed by atoms with van der Waals surface area (Å²) in [6, 6.07) is 12.7. The van der Waals surface area contributed by atoms with Crippen molar-refractivity contribution >= 4 is 10.7 Å². The van der Waals surface area contributed by atoms with Crippen LogP contribution in [0.4, 0.5) is 0 Å². The first-order valence-electron chi connectivity index (χ1n) is 8.76. The van der Waals surface area contributed by atoms with Gasteiger partial charge in [-0.05, 0) is 43.2 Å². The van der Waals surface area contributed by atoms with E-state index < -0.39 is 10.7 Å². The third kappa shape index (κ3) is 3.91. The Morgan fingerprint density at radius 2 is 2.00 bits per heavy atom. The molecule has 3 aromatic rings. The molecule has 3 rings (SSSR count). The largest absolute Gasteiger partial charge is 0.293 e. The molecule has 2 aromatic heterocycles. The molecule has 0 saturated heterocycles. The number of rotatable bonds is 6. The fourth-order valence-electron chi connectivity index (χ4n) is 2.82. The monoisotopic (exact) mass is 379 g/mol. The molecule has 0 bridgehead atoms. The van der Waals surface area contributed by atoms with Crippen LogP contribution in [0.15, 0.2) is 52.3 Å². The highest BCUT2D eigenvalue weighted by atomic mass is 32.2. The Hall–Kier alpha value is -2.98. The topological polar surface area (TPSA) is 98.3 Å². The molecule has 138 valence electrons. The third-order valence-corrected chi connectivity index (χ3v) is 5.82. The predicted octanol–water partition coefficient (Wildman–Crippen LogP) is 3.95. The van der Waals surface area contributed by atoms with Gasteiger partial charge in [-0.1, -0.05) is 36.2 Å². The minimum atomic E-state index is -0.572. The van der Waals surface area contributed by atoms with E-state index in [4.69, 9.17) is 10.0 Å². The first-order chi connectivity index (χ1) is 13.0. The summed E-state index contributed by atoms with van der Waals surface area (Å²) in [5.74, 6) is 1.33. The Morgan fingerprint density at radius 3 is 2.59 bits per heavy atom. The number of nitrogens with zero attached hydrogens (tertiary/aromatic N) is 3. The van der Waals surface area contributed by atoms with Gasteiger partial charge in [0, 0.05) is 22.5 Å². The number of aromatic nitrogens is 3. The Kier molecular flexibility index (Phi) is 5.67. The zero-order chi connectivity index (χ0) is 19.4. The van der Waals surface area contributed by atoms with Crippen molar-refractivity contribution in [3.8, 4) is 23.0 Å². The molecule has 6 nitrogen and oxygen atoms in total. The number of aromatic amines is 1. The third-order valence-electron chi connectivity index (χ3n) is 4.31. The zero-order valence-electron chi connectivity index (χ0n) is 15.3. The number of hydrogen-bond acceptors (Lipinski definition) is 4. The maximum absolute atomic E-state index is 12.9. The molecule has 2 N–H and O–H groups in total. The molecule has 0 unspecified atom stereocenters. The van der Waals surface area contributed by atoms with Crippen molar-refractivity contribution in [1.82, 2.24) is 14.8 Å². The number of benzene rings is 1. The second-order valence-corrected chi connectivity index (χ2v) is 7.90. The molecule has 0 aliphatic heterocycles. The average Bonchev–Trinajstić information content (AvgIpc) is 3.00. The summed E-state index contributed by atoms with van der Waals surface area (Å²) in [4.78, 5) is 18.2. The van der Waals surface area contributed by atoms with Gasteiger partial charge in [-0.2, -0.15) is 5.26 Å². The van der Waals surface area contributed by atoms with Crippen LogP contribution in [0.1, 0.15) is 31.0 Å². The smallest absolute Gasteiger partial charge is 0.280 e. The molecular formula is C20H21N5OS. The van der Waals surface area contributed by atoms with E-state index in [1.807, 2.05) is 13.0 Å². The lowest BCUT2D eigenvalue weighted by Gasteiger charge is -2.06. The quantitative estimate of drug-likeness (QED) is 0.678. The Balaban J connectivity index is 1.93. The van der Waals surface area contributed by atoms with Gasteiger partial charge in [-0.25, -0.2) is 9.67 Å². The van der Waals surface area contributed by atoms with E-state index in [2.05, 4.69) is 23.1 Å². The van der Waals surface area contributed by atoms with E-state index >= 15 is 0 Å². The van der Waals surface area contributed by atoms with Gasteiger partial charge in [-0.15, -0.1) is 0 Å². The van der Waals surface area contributed by atoms with Crippen LogP contribution in [-0.2, 0) is 10.7 Å². The lowest BCUT2D eigenvalue weighted by atomic mass is 10.1. The highest BCUT2D eigenvalue weighted by Gasteiger charge is 2.15. The van der Waals surface area contributed by atoms with Crippen LogP contribution in [-0.4, -0.2) is 20.5 Å². The van der Waals surface area contributed by atoms with Gasteiger partial charge < -0.3 is 0 Å². The van der Waals surface area contributed by atoms with Crippen LogP contribution in [0.5, 0.6) is 0 Å². The van der Waals surface area contributed by atoms with Crippen molar-refractivity contribution in [2.24, 2.45) is 0 Å². The summed E-state index contributed by atoms with van der Waals surface area (Å²) in [5.41, 5.74) is 2.43. The van der Waals surface area contributed by atoms with E-state index in [1.54, 1.807) is 36.5 Å². The molecule has 0 radical (unpaired) electrons. The standard InChI is InChI=1S/C20H21N5OS/c1-3-4-11-27(22)17-9-10-18(23-13-17)25-20(26)19(14(2)24-25)16-7-5-15(12-21)6-8-16/h5-10,13,22,24H,3-4,11H2,1-2H3/t27-/m1/s1.